The molecule has 2 bridgehead atoms. The minimum Gasteiger partial charge on any atom is -0.330 e. The summed E-state index contributed by atoms with van der Waals surface area (Å²) in [6.07, 6.45) is 10.2. The van der Waals surface area contributed by atoms with Gasteiger partial charge >= 0.3 is 0 Å². The Bertz CT molecular complexity index is 119. The van der Waals surface area contributed by atoms with Crippen molar-refractivity contribution >= 4 is 12.4 Å². The molecule has 1 nitrogen and oxygen atoms in total. The zero-order valence-corrected chi connectivity index (χ0v) is 8.54. The van der Waals surface area contributed by atoms with Gasteiger partial charge in [0.15, 0.2) is 0 Å². The van der Waals surface area contributed by atoms with Crippen LogP contribution < -0.4 is 5.73 Å². The molecule has 0 spiro atoms. The van der Waals surface area contributed by atoms with Crippen LogP contribution in [0.5, 0.6) is 0 Å². The van der Waals surface area contributed by atoms with Crippen molar-refractivity contribution in [1.82, 2.24) is 0 Å². The fourth-order valence-corrected chi connectivity index (χ4v) is 3.02. The molecule has 2 heteroatoms. The molecule has 0 heterocycles. The first kappa shape index (κ1) is 10.3. The van der Waals surface area contributed by atoms with Crippen molar-refractivity contribution in [3.63, 3.8) is 0 Å². The van der Waals surface area contributed by atoms with Crippen molar-refractivity contribution in [1.29, 1.82) is 0 Å². The first-order valence-corrected chi connectivity index (χ1v) is 5.05. The quantitative estimate of drug-likeness (QED) is 0.711. The Hall–Kier alpha value is 0.250. The summed E-state index contributed by atoms with van der Waals surface area (Å²) in [5, 5.41) is 0. The van der Waals surface area contributed by atoms with Crippen molar-refractivity contribution in [3.05, 3.63) is 0 Å². The summed E-state index contributed by atoms with van der Waals surface area (Å²) in [7, 11) is 0. The van der Waals surface area contributed by atoms with Gasteiger partial charge in [0.1, 0.15) is 0 Å². The molecule has 0 aliphatic heterocycles. The number of hydrogen-bond donors (Lipinski definition) is 1. The van der Waals surface area contributed by atoms with Crippen LogP contribution in [0.4, 0.5) is 0 Å². The molecule has 0 radical (unpaired) electrons. The number of rotatable bonds is 2. The van der Waals surface area contributed by atoms with Crippen LogP contribution in [0.15, 0.2) is 0 Å². The molecule has 0 aromatic rings. The highest BCUT2D eigenvalue weighted by atomic mass is 35.5. The normalized spacial score (nSPS) is 39.2. The molecule has 0 unspecified atom stereocenters. The van der Waals surface area contributed by atoms with Gasteiger partial charge in [-0.3, -0.25) is 0 Å². The Morgan fingerprint density at radius 1 is 1.08 bits per heavy atom. The lowest BCUT2D eigenvalue weighted by molar-refractivity contribution is 0.0590. The van der Waals surface area contributed by atoms with E-state index in [1.54, 1.807) is 0 Å². The fourth-order valence-electron chi connectivity index (χ4n) is 3.02. The second kappa shape index (κ2) is 3.97. The van der Waals surface area contributed by atoms with Gasteiger partial charge in [-0.1, -0.05) is 0 Å². The zero-order valence-electron chi connectivity index (χ0n) is 7.72. The summed E-state index contributed by atoms with van der Waals surface area (Å²) >= 11 is 0. The summed E-state index contributed by atoms with van der Waals surface area (Å²) in [5.74, 6) is 1.09. The Labute approximate surface area is 81.5 Å². The molecular formula is C10H20ClN. The van der Waals surface area contributed by atoms with E-state index in [1.165, 1.54) is 44.9 Å². The van der Waals surface area contributed by atoms with Crippen molar-refractivity contribution in [2.75, 3.05) is 6.54 Å². The van der Waals surface area contributed by atoms with Crippen LogP contribution in [0.2, 0.25) is 0 Å². The molecule has 12 heavy (non-hydrogen) atoms. The van der Waals surface area contributed by atoms with E-state index in [2.05, 4.69) is 0 Å². The maximum absolute atomic E-state index is 5.64. The van der Waals surface area contributed by atoms with Crippen LogP contribution in [0.25, 0.3) is 0 Å². The monoisotopic (exact) mass is 189 g/mol. The molecule has 3 saturated carbocycles. The van der Waals surface area contributed by atoms with Crippen LogP contribution in [0.1, 0.15) is 44.9 Å². The Morgan fingerprint density at radius 3 is 2.00 bits per heavy atom. The van der Waals surface area contributed by atoms with Gasteiger partial charge in [0.25, 0.3) is 0 Å². The minimum atomic E-state index is 0. The lowest BCUT2D eigenvalue weighted by atomic mass is 9.59. The van der Waals surface area contributed by atoms with Crippen LogP contribution in [-0.4, -0.2) is 6.54 Å². The first-order valence-electron chi connectivity index (χ1n) is 5.05. The molecule has 3 rings (SSSR count). The average molecular weight is 190 g/mol. The molecule has 72 valence electrons. The summed E-state index contributed by atoms with van der Waals surface area (Å²) in [4.78, 5) is 0. The van der Waals surface area contributed by atoms with E-state index in [-0.39, 0.29) is 12.4 Å². The Balaban J connectivity index is 0.000000720. The third-order valence-electron chi connectivity index (χ3n) is 3.92. The smallest absolute Gasteiger partial charge is 0.00720 e. The number of halogens is 1. The molecule has 2 N–H and O–H groups in total. The molecule has 0 saturated heterocycles. The van der Waals surface area contributed by atoms with E-state index in [1.807, 2.05) is 0 Å². The second-order valence-corrected chi connectivity index (χ2v) is 4.52. The van der Waals surface area contributed by atoms with Crippen LogP contribution in [-0.2, 0) is 0 Å². The third kappa shape index (κ3) is 1.77. The lowest BCUT2D eigenvalue weighted by Gasteiger charge is -2.46. The molecule has 0 aromatic carbocycles. The first-order chi connectivity index (χ1) is 5.35. The predicted molar refractivity (Wildman–Crippen MR) is 54.5 cm³/mol. The van der Waals surface area contributed by atoms with Gasteiger partial charge < -0.3 is 5.73 Å². The third-order valence-corrected chi connectivity index (χ3v) is 3.92. The van der Waals surface area contributed by atoms with Crippen molar-refractivity contribution in [2.45, 2.75) is 44.9 Å². The van der Waals surface area contributed by atoms with Gasteiger partial charge in [-0.25, -0.2) is 0 Å². The van der Waals surface area contributed by atoms with Gasteiger partial charge in [0, 0.05) is 0 Å². The topological polar surface area (TPSA) is 26.0 Å². The Morgan fingerprint density at radius 2 is 1.58 bits per heavy atom. The molecule has 0 amide bonds. The van der Waals surface area contributed by atoms with E-state index in [0.717, 1.165) is 12.5 Å². The maximum atomic E-state index is 5.64. The zero-order chi connectivity index (χ0) is 7.73. The molecule has 3 aliphatic carbocycles. The highest BCUT2D eigenvalue weighted by molar-refractivity contribution is 5.85. The van der Waals surface area contributed by atoms with Crippen LogP contribution in [0.3, 0.4) is 0 Å². The van der Waals surface area contributed by atoms with E-state index in [0.29, 0.717) is 5.41 Å². The highest BCUT2D eigenvalue weighted by Crippen LogP contribution is 2.51. The SMILES string of the molecule is Cl.NCCC12CCC(CC1)CC2. The lowest BCUT2D eigenvalue weighted by Crippen LogP contribution is -2.35. The minimum absolute atomic E-state index is 0. The van der Waals surface area contributed by atoms with Gasteiger partial charge in [-0.05, 0) is 62.8 Å². The van der Waals surface area contributed by atoms with Crippen molar-refractivity contribution < 1.29 is 0 Å². The maximum Gasteiger partial charge on any atom is -0.00720 e. The van der Waals surface area contributed by atoms with E-state index in [9.17, 15) is 0 Å². The molecule has 3 fully saturated rings. The summed E-state index contributed by atoms with van der Waals surface area (Å²) in [6.45, 7) is 0.907. The molecule has 0 aromatic heterocycles. The fraction of sp³-hybridized carbons (Fsp3) is 1.00. The van der Waals surface area contributed by atoms with E-state index in [4.69, 9.17) is 5.73 Å². The van der Waals surface area contributed by atoms with E-state index < -0.39 is 0 Å². The standard InChI is InChI=1S/C10H19N.ClH/c11-8-7-10-4-1-9(2-5-10)3-6-10;/h9H,1-8,11H2;1H. The van der Waals surface area contributed by atoms with E-state index >= 15 is 0 Å². The van der Waals surface area contributed by atoms with Crippen LogP contribution in [0, 0.1) is 11.3 Å². The number of hydrogen-bond acceptors (Lipinski definition) is 1. The van der Waals surface area contributed by atoms with Crippen molar-refractivity contribution in [3.8, 4) is 0 Å². The van der Waals surface area contributed by atoms with Crippen molar-refractivity contribution in [2.24, 2.45) is 17.1 Å². The average Bonchev–Trinajstić information content (AvgIpc) is 2.07. The molecule has 0 atom stereocenters. The summed E-state index contributed by atoms with van der Waals surface area (Å²) in [5.41, 5.74) is 6.35. The number of fused-ring (bicyclic) bond motifs is 3. The number of nitrogens with two attached hydrogens (primary N) is 1. The highest BCUT2D eigenvalue weighted by Gasteiger charge is 2.39. The summed E-state index contributed by atoms with van der Waals surface area (Å²) in [6, 6.07) is 0. The van der Waals surface area contributed by atoms with Gasteiger partial charge in [-0.2, -0.15) is 0 Å². The predicted octanol–water partition coefficient (Wildman–Crippen LogP) is 2.73. The largest absolute Gasteiger partial charge is 0.330 e. The van der Waals surface area contributed by atoms with Crippen LogP contribution >= 0.6 is 12.4 Å². The molecular weight excluding hydrogens is 170 g/mol. The Kier molecular flexibility index (Phi) is 3.42. The summed E-state index contributed by atoms with van der Waals surface area (Å²) < 4.78 is 0. The van der Waals surface area contributed by atoms with Gasteiger partial charge in [0.2, 0.25) is 0 Å². The molecule has 3 aliphatic rings. The second-order valence-electron chi connectivity index (χ2n) is 4.52. The van der Waals surface area contributed by atoms with Gasteiger partial charge in [0.05, 0.1) is 0 Å². The van der Waals surface area contributed by atoms with Gasteiger partial charge in [-0.15, -0.1) is 12.4 Å².